The number of hydrogen-bond acceptors (Lipinski definition) is 3. The molecule has 1 aromatic heterocycles. The van der Waals surface area contributed by atoms with E-state index in [2.05, 4.69) is 26.2 Å². The van der Waals surface area contributed by atoms with Crippen LogP contribution < -0.4 is 11.1 Å². The van der Waals surface area contributed by atoms with Gasteiger partial charge in [-0.2, -0.15) is 0 Å². The largest absolute Gasteiger partial charge is 0.396 e. The second-order valence-corrected chi connectivity index (χ2v) is 5.04. The molecule has 1 aliphatic rings. The maximum atomic E-state index is 5.85. The Labute approximate surface area is 98.6 Å². The monoisotopic (exact) mass is 269 g/mol. The van der Waals surface area contributed by atoms with Crippen molar-refractivity contribution in [2.24, 2.45) is 5.92 Å². The highest BCUT2D eigenvalue weighted by Gasteiger charge is 2.14. The number of aromatic nitrogens is 1. The summed E-state index contributed by atoms with van der Waals surface area (Å²) in [6, 6.07) is 1.88. The summed E-state index contributed by atoms with van der Waals surface area (Å²) in [4.78, 5) is 4.26. The minimum atomic E-state index is 0.711. The lowest BCUT2D eigenvalue weighted by molar-refractivity contribution is 0.579. The van der Waals surface area contributed by atoms with Crippen molar-refractivity contribution in [3.63, 3.8) is 0 Å². The molecule has 1 saturated carbocycles. The van der Waals surface area contributed by atoms with Crippen LogP contribution in [0.5, 0.6) is 0 Å². The van der Waals surface area contributed by atoms with E-state index in [1.807, 2.05) is 6.07 Å². The van der Waals surface area contributed by atoms with E-state index in [1.54, 1.807) is 6.20 Å². The molecule has 2 rings (SSSR count). The van der Waals surface area contributed by atoms with E-state index in [4.69, 9.17) is 5.73 Å². The normalized spacial score (nSPS) is 16.9. The number of nitrogens with one attached hydrogen (secondary N) is 1. The molecular weight excluding hydrogens is 254 g/mol. The first-order chi connectivity index (χ1) is 7.25. The summed E-state index contributed by atoms with van der Waals surface area (Å²) in [6.07, 6.45) is 7.19. The summed E-state index contributed by atoms with van der Waals surface area (Å²) in [5.74, 6) is 1.61. The molecule has 4 heteroatoms. The van der Waals surface area contributed by atoms with Crippen LogP contribution in [0.15, 0.2) is 16.7 Å². The summed E-state index contributed by atoms with van der Waals surface area (Å²) >= 11 is 3.34. The van der Waals surface area contributed by atoms with E-state index < -0.39 is 0 Å². The Hall–Kier alpha value is -0.770. The molecule has 1 heterocycles. The van der Waals surface area contributed by atoms with E-state index >= 15 is 0 Å². The van der Waals surface area contributed by atoms with Crippen LogP contribution >= 0.6 is 15.9 Å². The number of nitrogens with zero attached hydrogens (tertiary/aromatic N) is 1. The molecule has 0 spiro atoms. The van der Waals surface area contributed by atoms with E-state index in [0.29, 0.717) is 5.69 Å². The molecule has 0 aliphatic heterocycles. The van der Waals surface area contributed by atoms with Crippen LogP contribution in [0.2, 0.25) is 0 Å². The average molecular weight is 270 g/mol. The van der Waals surface area contributed by atoms with Crippen molar-refractivity contribution in [1.29, 1.82) is 0 Å². The number of pyridine rings is 1. The van der Waals surface area contributed by atoms with Crippen LogP contribution in [-0.2, 0) is 0 Å². The molecule has 0 saturated heterocycles. The van der Waals surface area contributed by atoms with Crippen molar-refractivity contribution in [1.82, 2.24) is 4.98 Å². The Morgan fingerprint density at radius 2 is 2.20 bits per heavy atom. The van der Waals surface area contributed by atoms with E-state index in [-0.39, 0.29) is 0 Å². The molecule has 82 valence electrons. The highest BCUT2D eigenvalue weighted by Crippen LogP contribution is 2.26. The molecule has 3 N–H and O–H groups in total. The summed E-state index contributed by atoms with van der Waals surface area (Å²) in [7, 11) is 0. The van der Waals surface area contributed by atoms with Crippen molar-refractivity contribution >= 4 is 27.4 Å². The molecule has 0 unspecified atom stereocenters. The first-order valence-electron chi connectivity index (χ1n) is 5.40. The molecular formula is C11H16BrN3. The van der Waals surface area contributed by atoms with Gasteiger partial charge in [-0.1, -0.05) is 12.8 Å². The maximum absolute atomic E-state index is 5.85. The van der Waals surface area contributed by atoms with Gasteiger partial charge in [0.25, 0.3) is 0 Å². The molecule has 0 amide bonds. The van der Waals surface area contributed by atoms with Gasteiger partial charge in [-0.25, -0.2) is 4.98 Å². The number of halogens is 1. The molecule has 1 aliphatic carbocycles. The van der Waals surface area contributed by atoms with Crippen molar-refractivity contribution in [2.45, 2.75) is 25.7 Å². The molecule has 0 aromatic carbocycles. The molecule has 0 bridgehead atoms. The predicted octanol–water partition coefficient (Wildman–Crippen LogP) is 3.03. The molecule has 15 heavy (non-hydrogen) atoms. The highest BCUT2D eigenvalue weighted by molar-refractivity contribution is 9.10. The second-order valence-electron chi connectivity index (χ2n) is 4.12. The smallest absolute Gasteiger partial charge is 0.149 e. The zero-order chi connectivity index (χ0) is 10.7. The van der Waals surface area contributed by atoms with Gasteiger partial charge >= 0.3 is 0 Å². The summed E-state index contributed by atoms with van der Waals surface area (Å²) in [5, 5.41) is 3.33. The third-order valence-corrected chi connectivity index (χ3v) is 3.35. The number of nitrogen functional groups attached to an aromatic ring is 1. The SMILES string of the molecule is Nc1cc(Br)cnc1NCC1CCCC1. The Morgan fingerprint density at radius 3 is 2.87 bits per heavy atom. The van der Waals surface area contributed by atoms with Crippen molar-refractivity contribution < 1.29 is 0 Å². The highest BCUT2D eigenvalue weighted by atomic mass is 79.9. The Balaban J connectivity index is 1.92. The quantitative estimate of drug-likeness (QED) is 0.887. The lowest BCUT2D eigenvalue weighted by atomic mass is 10.1. The number of hydrogen-bond donors (Lipinski definition) is 2. The molecule has 1 aromatic rings. The summed E-state index contributed by atoms with van der Waals surface area (Å²) in [6.45, 7) is 0.999. The molecule has 3 nitrogen and oxygen atoms in total. The minimum absolute atomic E-state index is 0.711. The van der Waals surface area contributed by atoms with E-state index in [0.717, 1.165) is 22.8 Å². The van der Waals surface area contributed by atoms with Crippen LogP contribution in [-0.4, -0.2) is 11.5 Å². The lowest BCUT2D eigenvalue weighted by Crippen LogP contribution is -2.13. The van der Waals surface area contributed by atoms with Gasteiger partial charge in [0.2, 0.25) is 0 Å². The zero-order valence-corrected chi connectivity index (χ0v) is 10.3. The van der Waals surface area contributed by atoms with Crippen molar-refractivity contribution in [3.8, 4) is 0 Å². The second kappa shape index (κ2) is 4.84. The van der Waals surface area contributed by atoms with Crippen LogP contribution in [0, 0.1) is 5.92 Å². The van der Waals surface area contributed by atoms with Crippen LogP contribution in [0.4, 0.5) is 11.5 Å². The number of nitrogens with two attached hydrogens (primary N) is 1. The van der Waals surface area contributed by atoms with Gasteiger partial charge in [0.05, 0.1) is 5.69 Å². The third-order valence-electron chi connectivity index (χ3n) is 2.92. The molecule has 0 atom stereocenters. The Kier molecular flexibility index (Phi) is 3.46. The topological polar surface area (TPSA) is 50.9 Å². The minimum Gasteiger partial charge on any atom is -0.396 e. The van der Waals surface area contributed by atoms with Gasteiger partial charge in [-0.15, -0.1) is 0 Å². The van der Waals surface area contributed by atoms with Crippen molar-refractivity contribution in [3.05, 3.63) is 16.7 Å². The van der Waals surface area contributed by atoms with E-state index in [9.17, 15) is 0 Å². The summed E-state index contributed by atoms with van der Waals surface area (Å²) in [5.41, 5.74) is 6.56. The van der Waals surface area contributed by atoms with Gasteiger partial charge in [-0.3, -0.25) is 0 Å². The fourth-order valence-electron chi connectivity index (χ4n) is 2.06. The fraction of sp³-hybridized carbons (Fsp3) is 0.545. The van der Waals surface area contributed by atoms with Gasteiger partial charge in [0, 0.05) is 17.2 Å². The zero-order valence-electron chi connectivity index (χ0n) is 8.67. The van der Waals surface area contributed by atoms with Crippen molar-refractivity contribution in [2.75, 3.05) is 17.6 Å². The third kappa shape index (κ3) is 2.84. The van der Waals surface area contributed by atoms with Gasteiger partial charge in [-0.05, 0) is 40.8 Å². The standard InChI is InChI=1S/C11H16BrN3/c12-9-5-10(13)11(15-7-9)14-6-8-3-1-2-4-8/h5,7-8H,1-4,6,13H2,(H,14,15). The van der Waals surface area contributed by atoms with Crippen LogP contribution in [0.3, 0.4) is 0 Å². The maximum Gasteiger partial charge on any atom is 0.149 e. The van der Waals surface area contributed by atoms with Crippen LogP contribution in [0.1, 0.15) is 25.7 Å². The first-order valence-corrected chi connectivity index (χ1v) is 6.20. The number of rotatable bonds is 3. The Morgan fingerprint density at radius 1 is 1.47 bits per heavy atom. The molecule has 0 radical (unpaired) electrons. The fourth-order valence-corrected chi connectivity index (χ4v) is 2.41. The van der Waals surface area contributed by atoms with E-state index in [1.165, 1.54) is 25.7 Å². The molecule has 1 fully saturated rings. The van der Waals surface area contributed by atoms with Crippen LogP contribution in [0.25, 0.3) is 0 Å². The average Bonchev–Trinajstić information content (AvgIpc) is 2.69. The van der Waals surface area contributed by atoms with Gasteiger partial charge < -0.3 is 11.1 Å². The van der Waals surface area contributed by atoms with Gasteiger partial charge in [0.15, 0.2) is 0 Å². The van der Waals surface area contributed by atoms with Gasteiger partial charge in [0.1, 0.15) is 5.82 Å². The predicted molar refractivity (Wildman–Crippen MR) is 66.8 cm³/mol. The number of anilines is 2. The summed E-state index contributed by atoms with van der Waals surface area (Å²) < 4.78 is 0.923. The first kappa shape index (κ1) is 10.7. The Bertz CT molecular complexity index is 335. The lowest BCUT2D eigenvalue weighted by Gasteiger charge is -2.12.